The van der Waals surface area contributed by atoms with Crippen LogP contribution in [0.25, 0.3) is 17.4 Å². The monoisotopic (exact) mass is 452 g/mol. The van der Waals surface area contributed by atoms with Crippen LogP contribution >= 0.6 is 35.6 Å². The summed E-state index contributed by atoms with van der Waals surface area (Å²) in [6.45, 7) is 1.65. The van der Waals surface area contributed by atoms with Crippen LogP contribution in [0.4, 0.5) is 5.69 Å². The summed E-state index contributed by atoms with van der Waals surface area (Å²) in [4.78, 5) is 36.0. The van der Waals surface area contributed by atoms with Gasteiger partial charge < -0.3 is 9.52 Å². The Hall–Kier alpha value is -2.69. The third-order valence-electron chi connectivity index (χ3n) is 4.13. The lowest BCUT2D eigenvalue weighted by atomic mass is 10.1. The molecule has 1 N–H and O–H groups in total. The molecule has 0 saturated carbocycles. The minimum atomic E-state index is -1.14. The molecule has 1 saturated heterocycles. The third kappa shape index (κ3) is 4.19. The van der Waals surface area contributed by atoms with E-state index >= 15 is 0 Å². The van der Waals surface area contributed by atoms with Crippen molar-refractivity contribution in [1.29, 1.82) is 0 Å². The number of nitro benzene ring substituents is 1. The number of hydrogen-bond acceptors (Lipinski definition) is 7. The normalized spacial score (nSPS) is 16.5. The summed E-state index contributed by atoms with van der Waals surface area (Å²) in [5, 5.41) is 20.8. The highest BCUT2D eigenvalue weighted by atomic mass is 35.5. The highest BCUT2D eigenvalue weighted by molar-refractivity contribution is 8.26. The molecule has 2 heterocycles. The average Bonchev–Trinajstić information content (AvgIpc) is 3.22. The lowest BCUT2D eigenvalue weighted by Crippen LogP contribution is -2.43. The van der Waals surface area contributed by atoms with E-state index in [-0.39, 0.29) is 43.4 Å². The van der Waals surface area contributed by atoms with Gasteiger partial charge in [-0.05, 0) is 30.7 Å². The maximum Gasteiger partial charge on any atom is 0.326 e. The zero-order chi connectivity index (χ0) is 21.3. The molecule has 0 unspecified atom stereocenters. The van der Waals surface area contributed by atoms with Crippen molar-refractivity contribution >= 4 is 63.5 Å². The number of carboxylic acids is 1. The number of thioether (sulfide) groups is 1. The summed E-state index contributed by atoms with van der Waals surface area (Å²) in [6, 6.07) is 6.25. The number of aliphatic carboxylic acids is 1. The fourth-order valence-corrected chi connectivity index (χ4v) is 4.29. The number of hydrogen-bond donors (Lipinski definition) is 1. The maximum atomic E-state index is 12.6. The Labute approximate surface area is 179 Å². The molecule has 1 aromatic heterocycles. The zero-order valence-electron chi connectivity index (χ0n) is 14.8. The summed E-state index contributed by atoms with van der Waals surface area (Å²) < 4.78 is 5.80. The van der Waals surface area contributed by atoms with E-state index in [9.17, 15) is 24.8 Å². The smallest absolute Gasteiger partial charge is 0.326 e. The van der Waals surface area contributed by atoms with Crippen molar-refractivity contribution in [3.63, 3.8) is 0 Å². The molecular formula is C18H13ClN2O6S2. The molecule has 150 valence electrons. The van der Waals surface area contributed by atoms with Gasteiger partial charge in [0.2, 0.25) is 0 Å². The average molecular weight is 453 g/mol. The molecule has 1 atom stereocenters. The van der Waals surface area contributed by atoms with Gasteiger partial charge in [-0.3, -0.25) is 19.8 Å². The Morgan fingerprint density at radius 1 is 1.45 bits per heavy atom. The van der Waals surface area contributed by atoms with Crippen LogP contribution in [0.15, 0.2) is 39.7 Å². The van der Waals surface area contributed by atoms with E-state index in [0.29, 0.717) is 0 Å². The Morgan fingerprint density at radius 2 is 2.17 bits per heavy atom. The van der Waals surface area contributed by atoms with Crippen LogP contribution in [0.1, 0.15) is 19.1 Å². The second-order valence-corrected chi connectivity index (χ2v) is 8.05. The highest BCUT2D eigenvalue weighted by Crippen LogP contribution is 2.37. The predicted octanol–water partition coefficient (Wildman–Crippen LogP) is 4.57. The van der Waals surface area contributed by atoms with Crippen molar-refractivity contribution in [2.24, 2.45) is 0 Å². The molecule has 1 aliphatic heterocycles. The van der Waals surface area contributed by atoms with E-state index in [1.54, 1.807) is 13.0 Å². The van der Waals surface area contributed by atoms with E-state index in [4.69, 9.17) is 28.2 Å². The number of rotatable bonds is 6. The number of thiocarbonyl (C=S) groups is 1. The van der Waals surface area contributed by atoms with Crippen molar-refractivity contribution < 1.29 is 24.0 Å². The van der Waals surface area contributed by atoms with Gasteiger partial charge in [-0.1, -0.05) is 42.5 Å². The number of carbonyl (C=O) groups is 2. The van der Waals surface area contributed by atoms with Crippen LogP contribution in [0.2, 0.25) is 5.02 Å². The Balaban J connectivity index is 1.92. The second-order valence-electron chi connectivity index (χ2n) is 5.93. The first-order chi connectivity index (χ1) is 13.7. The topological polar surface area (TPSA) is 114 Å². The standard InChI is InChI=1S/C18H13ClN2O6S2/c1-2-12(17(23)24)20-16(22)15(29-18(20)28)8-10-4-6-14(27-10)11-5-3-9(19)7-13(11)21(25)26/h3-8,12H,2H2,1H3,(H,23,24)/b15-8+/t12-/m0/s1. The molecule has 1 amide bonds. The molecule has 2 aromatic rings. The number of halogens is 1. The maximum absolute atomic E-state index is 12.6. The summed E-state index contributed by atoms with van der Waals surface area (Å²) in [7, 11) is 0. The largest absolute Gasteiger partial charge is 0.480 e. The number of benzene rings is 1. The number of amides is 1. The first kappa shape index (κ1) is 21.0. The van der Waals surface area contributed by atoms with Gasteiger partial charge in [0.25, 0.3) is 11.6 Å². The summed E-state index contributed by atoms with van der Waals surface area (Å²) >= 11 is 12.0. The van der Waals surface area contributed by atoms with Gasteiger partial charge in [0, 0.05) is 17.2 Å². The van der Waals surface area contributed by atoms with Crippen LogP contribution in [-0.4, -0.2) is 37.2 Å². The number of nitro groups is 1. The Morgan fingerprint density at radius 3 is 2.79 bits per heavy atom. The molecule has 29 heavy (non-hydrogen) atoms. The van der Waals surface area contributed by atoms with Crippen molar-refractivity contribution in [1.82, 2.24) is 4.90 Å². The lowest BCUT2D eigenvalue weighted by Gasteiger charge is -2.21. The van der Waals surface area contributed by atoms with E-state index in [1.807, 2.05) is 0 Å². The number of carbonyl (C=O) groups excluding carboxylic acids is 1. The lowest BCUT2D eigenvalue weighted by molar-refractivity contribution is -0.384. The van der Waals surface area contributed by atoms with Crippen LogP contribution in [0, 0.1) is 10.1 Å². The van der Waals surface area contributed by atoms with Crippen molar-refractivity contribution in [2.45, 2.75) is 19.4 Å². The van der Waals surface area contributed by atoms with Gasteiger partial charge in [0.15, 0.2) is 0 Å². The van der Waals surface area contributed by atoms with Crippen molar-refractivity contribution in [2.75, 3.05) is 0 Å². The fourth-order valence-electron chi connectivity index (χ4n) is 2.78. The van der Waals surface area contributed by atoms with Crippen LogP contribution in [0.3, 0.4) is 0 Å². The fraction of sp³-hybridized carbons (Fsp3) is 0.167. The quantitative estimate of drug-likeness (QED) is 0.293. The number of furan rings is 1. The molecule has 0 radical (unpaired) electrons. The molecule has 1 aliphatic rings. The zero-order valence-corrected chi connectivity index (χ0v) is 17.2. The third-order valence-corrected chi connectivity index (χ3v) is 5.69. The molecule has 0 spiro atoms. The minimum Gasteiger partial charge on any atom is -0.480 e. The molecule has 0 bridgehead atoms. The first-order valence-electron chi connectivity index (χ1n) is 8.27. The van der Waals surface area contributed by atoms with E-state index < -0.39 is 22.8 Å². The molecular weight excluding hydrogens is 440 g/mol. The van der Waals surface area contributed by atoms with Gasteiger partial charge in [0.1, 0.15) is 21.9 Å². The Bertz CT molecular complexity index is 1060. The molecule has 3 rings (SSSR count). The van der Waals surface area contributed by atoms with Gasteiger partial charge in [-0.2, -0.15) is 0 Å². The molecule has 8 nitrogen and oxygen atoms in total. The van der Waals surface area contributed by atoms with Crippen LogP contribution in [0.5, 0.6) is 0 Å². The summed E-state index contributed by atoms with van der Waals surface area (Å²) in [6.07, 6.45) is 1.64. The van der Waals surface area contributed by atoms with Crippen molar-refractivity contribution in [3.8, 4) is 11.3 Å². The van der Waals surface area contributed by atoms with E-state index in [2.05, 4.69) is 0 Å². The van der Waals surface area contributed by atoms with Gasteiger partial charge in [-0.15, -0.1) is 0 Å². The first-order valence-corrected chi connectivity index (χ1v) is 9.87. The van der Waals surface area contributed by atoms with Crippen LogP contribution in [-0.2, 0) is 9.59 Å². The summed E-state index contributed by atoms with van der Waals surface area (Å²) in [5.41, 5.74) is 0.0282. The Kier molecular flexibility index (Phi) is 6.06. The number of carboxylic acid groups (broad SMARTS) is 1. The number of nitrogens with zero attached hydrogens (tertiary/aromatic N) is 2. The second kappa shape index (κ2) is 8.36. The minimum absolute atomic E-state index is 0.149. The molecule has 1 fully saturated rings. The highest BCUT2D eigenvalue weighted by Gasteiger charge is 2.39. The van der Waals surface area contributed by atoms with E-state index in [0.717, 1.165) is 16.7 Å². The molecule has 11 heteroatoms. The van der Waals surface area contributed by atoms with E-state index in [1.165, 1.54) is 30.3 Å². The SMILES string of the molecule is CC[C@@H](C(=O)O)N1C(=O)/C(=C\c2ccc(-c3ccc(Cl)cc3[N+](=O)[O-])o2)SC1=S. The van der Waals surface area contributed by atoms with Gasteiger partial charge in [0.05, 0.1) is 15.4 Å². The molecule has 1 aromatic carbocycles. The predicted molar refractivity (Wildman–Crippen MR) is 113 cm³/mol. The summed E-state index contributed by atoms with van der Waals surface area (Å²) in [5.74, 6) is -1.16. The van der Waals surface area contributed by atoms with Gasteiger partial charge in [-0.25, -0.2) is 4.79 Å². The molecule has 0 aliphatic carbocycles. The van der Waals surface area contributed by atoms with Crippen LogP contribution < -0.4 is 0 Å². The van der Waals surface area contributed by atoms with Crippen molar-refractivity contribution in [3.05, 3.63) is 56.1 Å². The van der Waals surface area contributed by atoms with Gasteiger partial charge >= 0.3 is 5.97 Å².